The van der Waals surface area contributed by atoms with Gasteiger partial charge in [0.1, 0.15) is 10.8 Å². The van der Waals surface area contributed by atoms with Crippen molar-refractivity contribution in [2.45, 2.75) is 16.5 Å². The van der Waals surface area contributed by atoms with E-state index < -0.39 is 0 Å². The minimum atomic E-state index is -0.211. The van der Waals surface area contributed by atoms with Crippen LogP contribution in [0.15, 0.2) is 50.9 Å². The Morgan fingerprint density at radius 2 is 2.17 bits per heavy atom. The first kappa shape index (κ1) is 13.5. The first-order valence-electron chi connectivity index (χ1n) is 5.42. The molecule has 0 radical (unpaired) electrons. The third-order valence-electron chi connectivity index (χ3n) is 2.32. The van der Waals surface area contributed by atoms with Crippen LogP contribution >= 0.6 is 27.7 Å². The molecule has 0 spiro atoms. The summed E-state index contributed by atoms with van der Waals surface area (Å²) in [6.45, 7) is 0.636. The lowest BCUT2D eigenvalue weighted by Gasteiger charge is -2.09. The lowest BCUT2D eigenvalue weighted by atomic mass is 10.2. The van der Waals surface area contributed by atoms with Crippen LogP contribution in [0.3, 0.4) is 0 Å². The second kappa shape index (κ2) is 6.31. The number of halogens is 2. The van der Waals surface area contributed by atoms with E-state index in [9.17, 15) is 4.39 Å². The van der Waals surface area contributed by atoms with Gasteiger partial charge >= 0.3 is 0 Å². The number of aromatic nitrogens is 1. The van der Waals surface area contributed by atoms with Gasteiger partial charge in [0.25, 0.3) is 0 Å². The summed E-state index contributed by atoms with van der Waals surface area (Å²) in [5, 5.41) is 3.82. The second-order valence-electron chi connectivity index (χ2n) is 3.68. The molecule has 0 aliphatic heterocycles. The highest BCUT2D eigenvalue weighted by molar-refractivity contribution is 9.10. The molecule has 0 bridgehead atoms. The van der Waals surface area contributed by atoms with Crippen molar-refractivity contribution in [1.29, 1.82) is 0 Å². The Balaban J connectivity index is 2.30. The SMILES string of the molecule is CNCc1cccc(F)c1Sc1ccc(Br)cn1. The van der Waals surface area contributed by atoms with E-state index in [4.69, 9.17) is 0 Å². The van der Waals surface area contributed by atoms with Crippen molar-refractivity contribution in [2.24, 2.45) is 0 Å². The average Bonchev–Trinajstić information content (AvgIpc) is 2.36. The molecule has 0 saturated carbocycles. The molecule has 0 saturated heterocycles. The van der Waals surface area contributed by atoms with E-state index in [1.807, 2.05) is 25.2 Å². The molecular weight excluding hydrogens is 315 g/mol. The fourth-order valence-corrected chi connectivity index (χ4v) is 2.65. The van der Waals surface area contributed by atoms with Crippen LogP contribution in [-0.4, -0.2) is 12.0 Å². The molecule has 1 heterocycles. The monoisotopic (exact) mass is 326 g/mol. The van der Waals surface area contributed by atoms with Crippen molar-refractivity contribution in [3.63, 3.8) is 0 Å². The molecule has 94 valence electrons. The van der Waals surface area contributed by atoms with Crippen molar-refractivity contribution < 1.29 is 4.39 Å². The largest absolute Gasteiger partial charge is 0.316 e. The van der Waals surface area contributed by atoms with Gasteiger partial charge in [-0.2, -0.15) is 0 Å². The highest BCUT2D eigenvalue weighted by Gasteiger charge is 2.10. The number of hydrogen-bond acceptors (Lipinski definition) is 3. The molecule has 0 amide bonds. The third-order valence-corrected chi connectivity index (χ3v) is 3.90. The van der Waals surface area contributed by atoms with Crippen LogP contribution in [0.4, 0.5) is 4.39 Å². The van der Waals surface area contributed by atoms with E-state index in [1.165, 1.54) is 17.8 Å². The van der Waals surface area contributed by atoms with Crippen LogP contribution in [0.2, 0.25) is 0 Å². The van der Waals surface area contributed by atoms with Crippen LogP contribution in [0.1, 0.15) is 5.56 Å². The van der Waals surface area contributed by atoms with Gasteiger partial charge in [-0.05, 0) is 46.7 Å². The average molecular weight is 327 g/mol. The van der Waals surface area contributed by atoms with E-state index in [1.54, 1.807) is 12.3 Å². The van der Waals surface area contributed by atoms with Gasteiger partial charge < -0.3 is 5.32 Å². The van der Waals surface area contributed by atoms with Gasteiger partial charge in [0, 0.05) is 17.2 Å². The Labute approximate surface area is 118 Å². The fraction of sp³-hybridized carbons (Fsp3) is 0.154. The van der Waals surface area contributed by atoms with Gasteiger partial charge in [0.2, 0.25) is 0 Å². The van der Waals surface area contributed by atoms with Gasteiger partial charge in [0.05, 0.1) is 4.90 Å². The Hall–Kier alpha value is -0.910. The normalized spacial score (nSPS) is 10.6. The molecule has 0 aliphatic carbocycles. The molecule has 5 heteroatoms. The Bertz CT molecular complexity index is 531. The van der Waals surface area contributed by atoms with Crippen LogP contribution in [0.25, 0.3) is 0 Å². The van der Waals surface area contributed by atoms with Crippen LogP contribution < -0.4 is 5.32 Å². The summed E-state index contributed by atoms with van der Waals surface area (Å²) in [5.41, 5.74) is 0.937. The minimum Gasteiger partial charge on any atom is -0.316 e. The summed E-state index contributed by atoms with van der Waals surface area (Å²) in [6.07, 6.45) is 1.71. The van der Waals surface area contributed by atoms with E-state index in [2.05, 4.69) is 26.2 Å². The Morgan fingerprint density at radius 1 is 1.33 bits per heavy atom. The molecule has 2 nitrogen and oxygen atoms in total. The van der Waals surface area contributed by atoms with Gasteiger partial charge in [0.15, 0.2) is 0 Å². The van der Waals surface area contributed by atoms with E-state index in [-0.39, 0.29) is 5.82 Å². The molecule has 0 aliphatic rings. The molecular formula is C13H12BrFN2S. The number of rotatable bonds is 4. The van der Waals surface area contributed by atoms with Crippen molar-refractivity contribution in [1.82, 2.24) is 10.3 Å². The van der Waals surface area contributed by atoms with Gasteiger partial charge in [-0.15, -0.1) is 0 Å². The topological polar surface area (TPSA) is 24.9 Å². The molecule has 0 unspecified atom stereocenters. The summed E-state index contributed by atoms with van der Waals surface area (Å²) in [7, 11) is 1.84. The smallest absolute Gasteiger partial charge is 0.137 e. The molecule has 1 aromatic heterocycles. The highest BCUT2D eigenvalue weighted by atomic mass is 79.9. The summed E-state index contributed by atoms with van der Waals surface area (Å²) in [5.74, 6) is -0.211. The molecule has 0 fully saturated rings. The summed E-state index contributed by atoms with van der Waals surface area (Å²) < 4.78 is 14.8. The van der Waals surface area contributed by atoms with Crippen molar-refractivity contribution >= 4 is 27.7 Å². The third kappa shape index (κ3) is 3.31. The quantitative estimate of drug-likeness (QED) is 0.923. The van der Waals surface area contributed by atoms with E-state index in [0.29, 0.717) is 11.4 Å². The lowest BCUT2D eigenvalue weighted by molar-refractivity contribution is 0.594. The van der Waals surface area contributed by atoms with Crippen LogP contribution in [0, 0.1) is 5.82 Å². The van der Waals surface area contributed by atoms with Gasteiger partial charge in [-0.25, -0.2) is 9.37 Å². The van der Waals surface area contributed by atoms with E-state index >= 15 is 0 Å². The predicted molar refractivity (Wildman–Crippen MR) is 75.2 cm³/mol. The van der Waals surface area contributed by atoms with Crippen molar-refractivity contribution in [3.05, 3.63) is 52.4 Å². The predicted octanol–water partition coefficient (Wildman–Crippen LogP) is 3.85. The van der Waals surface area contributed by atoms with Crippen LogP contribution in [-0.2, 0) is 6.54 Å². The number of nitrogens with zero attached hydrogens (tertiary/aromatic N) is 1. The van der Waals surface area contributed by atoms with Gasteiger partial charge in [-0.3, -0.25) is 0 Å². The zero-order chi connectivity index (χ0) is 13.0. The minimum absolute atomic E-state index is 0.211. The second-order valence-corrected chi connectivity index (χ2v) is 5.62. The highest BCUT2D eigenvalue weighted by Crippen LogP contribution is 2.31. The zero-order valence-corrected chi connectivity index (χ0v) is 12.2. The summed E-state index contributed by atoms with van der Waals surface area (Å²) in [6, 6.07) is 8.88. The molecule has 2 aromatic rings. The number of pyridine rings is 1. The van der Waals surface area contributed by atoms with Crippen molar-refractivity contribution in [2.75, 3.05) is 7.05 Å². The number of benzene rings is 1. The summed E-state index contributed by atoms with van der Waals surface area (Å²) in [4.78, 5) is 4.87. The maximum Gasteiger partial charge on any atom is 0.137 e. The lowest BCUT2D eigenvalue weighted by Crippen LogP contribution is -2.06. The maximum absolute atomic E-state index is 13.9. The summed E-state index contributed by atoms with van der Waals surface area (Å²) >= 11 is 4.67. The first-order chi connectivity index (χ1) is 8.70. The molecule has 2 rings (SSSR count). The van der Waals surface area contributed by atoms with Crippen LogP contribution in [0.5, 0.6) is 0 Å². The standard InChI is InChI=1S/C13H12BrFN2S/c1-16-7-9-3-2-4-11(15)13(9)18-12-6-5-10(14)8-17-12/h2-6,8,16H,7H2,1H3. The first-order valence-corrected chi connectivity index (χ1v) is 7.03. The fourth-order valence-electron chi connectivity index (χ4n) is 1.52. The molecule has 18 heavy (non-hydrogen) atoms. The number of nitrogens with one attached hydrogen (secondary N) is 1. The van der Waals surface area contributed by atoms with Gasteiger partial charge in [-0.1, -0.05) is 23.9 Å². The number of hydrogen-bond donors (Lipinski definition) is 1. The van der Waals surface area contributed by atoms with Crippen molar-refractivity contribution in [3.8, 4) is 0 Å². The maximum atomic E-state index is 13.9. The molecule has 1 N–H and O–H groups in total. The molecule has 0 atom stereocenters. The molecule has 1 aromatic carbocycles. The Morgan fingerprint density at radius 3 is 2.83 bits per heavy atom. The van der Waals surface area contributed by atoms with E-state index in [0.717, 1.165) is 15.1 Å². The Kier molecular flexibility index (Phi) is 4.74. The zero-order valence-electron chi connectivity index (χ0n) is 9.78.